The number of aromatic nitrogens is 4. The van der Waals surface area contributed by atoms with Gasteiger partial charge in [-0.1, -0.05) is 0 Å². The second-order valence-electron chi connectivity index (χ2n) is 6.83. The highest BCUT2D eigenvalue weighted by Gasteiger charge is 2.25. The van der Waals surface area contributed by atoms with Crippen LogP contribution in [0.1, 0.15) is 30.5 Å². The van der Waals surface area contributed by atoms with Crippen LogP contribution in [0.3, 0.4) is 0 Å². The summed E-state index contributed by atoms with van der Waals surface area (Å²) in [5, 5.41) is 7.93. The molecule has 1 saturated heterocycles. The Balaban J connectivity index is 1.51. The van der Waals surface area contributed by atoms with Crippen LogP contribution in [-0.4, -0.2) is 45.5 Å². The van der Waals surface area contributed by atoms with Gasteiger partial charge in [0.05, 0.1) is 18.9 Å². The van der Waals surface area contributed by atoms with Crippen molar-refractivity contribution in [1.29, 1.82) is 0 Å². The molecule has 1 N–H and O–H groups in total. The van der Waals surface area contributed by atoms with Crippen LogP contribution in [-0.2, 0) is 24.8 Å². The van der Waals surface area contributed by atoms with Crippen molar-refractivity contribution in [2.45, 2.75) is 38.3 Å². The summed E-state index contributed by atoms with van der Waals surface area (Å²) in [6.45, 7) is 3.00. The molecule has 0 spiro atoms. The molecule has 2 aliphatic rings. The van der Waals surface area contributed by atoms with E-state index in [0.29, 0.717) is 12.6 Å². The zero-order valence-electron chi connectivity index (χ0n) is 15.0. The molecule has 26 heavy (non-hydrogen) atoms. The normalized spacial score (nSPS) is 19.9. The third-order valence-electron chi connectivity index (χ3n) is 5.14. The molecule has 2 aromatic rings. The molecule has 0 aliphatic carbocycles. The number of anilines is 2. The largest absolute Gasteiger partial charge is 0.376 e. The Morgan fingerprint density at radius 2 is 2.23 bits per heavy atom. The van der Waals surface area contributed by atoms with Crippen LogP contribution in [0, 0.1) is 0 Å². The average Bonchev–Trinajstić information content (AvgIpc) is 2.69. The summed E-state index contributed by atoms with van der Waals surface area (Å²) in [5.74, 6) is 1.72. The second-order valence-corrected chi connectivity index (χ2v) is 6.83. The molecule has 1 unspecified atom stereocenters. The lowest BCUT2D eigenvalue weighted by Gasteiger charge is -2.37. The van der Waals surface area contributed by atoms with Crippen molar-refractivity contribution in [3.8, 4) is 0 Å². The van der Waals surface area contributed by atoms with Crippen LogP contribution in [0.15, 0.2) is 23.3 Å². The number of rotatable bonds is 4. The minimum absolute atomic E-state index is 0.0898. The molecule has 0 amide bonds. The molecule has 8 heteroatoms. The third-order valence-corrected chi connectivity index (χ3v) is 5.14. The van der Waals surface area contributed by atoms with E-state index in [2.05, 4.69) is 25.3 Å². The molecule has 1 atom stereocenters. The second kappa shape index (κ2) is 7.41. The van der Waals surface area contributed by atoms with Gasteiger partial charge in [-0.2, -0.15) is 5.10 Å². The Morgan fingerprint density at radius 1 is 1.31 bits per heavy atom. The highest BCUT2D eigenvalue weighted by molar-refractivity contribution is 5.47. The summed E-state index contributed by atoms with van der Waals surface area (Å²) in [6.07, 6.45) is 5.88. The van der Waals surface area contributed by atoms with Crippen molar-refractivity contribution in [3.63, 3.8) is 0 Å². The Morgan fingerprint density at radius 3 is 3.12 bits per heavy atom. The Kier molecular flexibility index (Phi) is 4.83. The van der Waals surface area contributed by atoms with Crippen molar-refractivity contribution in [3.05, 3.63) is 40.1 Å². The van der Waals surface area contributed by atoms with E-state index in [0.717, 1.165) is 61.9 Å². The van der Waals surface area contributed by atoms with Crippen LogP contribution in [0.4, 0.5) is 11.6 Å². The summed E-state index contributed by atoms with van der Waals surface area (Å²) >= 11 is 0. The number of piperidine rings is 1. The number of nitrogens with zero attached hydrogens (tertiary/aromatic N) is 5. The molecular formula is C18H24N6O2. The molecule has 0 bridgehead atoms. The molecule has 0 aromatic carbocycles. The summed E-state index contributed by atoms with van der Waals surface area (Å²) < 4.78 is 6.97. The van der Waals surface area contributed by atoms with Crippen LogP contribution >= 0.6 is 0 Å². The van der Waals surface area contributed by atoms with E-state index in [4.69, 9.17) is 4.74 Å². The third kappa shape index (κ3) is 3.41. The molecule has 2 aliphatic heterocycles. The van der Waals surface area contributed by atoms with E-state index in [1.165, 1.54) is 11.1 Å². The maximum Gasteiger partial charge on any atom is 0.266 e. The van der Waals surface area contributed by atoms with Gasteiger partial charge in [-0.3, -0.25) is 4.79 Å². The van der Waals surface area contributed by atoms with E-state index in [1.54, 1.807) is 19.4 Å². The van der Waals surface area contributed by atoms with E-state index in [1.807, 2.05) is 6.07 Å². The van der Waals surface area contributed by atoms with Gasteiger partial charge < -0.3 is 15.0 Å². The Labute approximate surface area is 152 Å². The number of aryl methyl sites for hydroxylation is 1. The van der Waals surface area contributed by atoms with Gasteiger partial charge in [0.2, 0.25) is 0 Å². The lowest BCUT2D eigenvalue weighted by molar-refractivity contribution is 0.109. The van der Waals surface area contributed by atoms with E-state index in [9.17, 15) is 4.79 Å². The van der Waals surface area contributed by atoms with Gasteiger partial charge in [-0.05, 0) is 25.3 Å². The summed E-state index contributed by atoms with van der Waals surface area (Å²) in [7, 11) is 1.69. The van der Waals surface area contributed by atoms with Gasteiger partial charge >= 0.3 is 0 Å². The minimum Gasteiger partial charge on any atom is -0.376 e. The van der Waals surface area contributed by atoms with Crippen molar-refractivity contribution in [2.24, 2.45) is 7.05 Å². The van der Waals surface area contributed by atoms with Crippen molar-refractivity contribution in [1.82, 2.24) is 19.7 Å². The van der Waals surface area contributed by atoms with Gasteiger partial charge in [0, 0.05) is 44.2 Å². The van der Waals surface area contributed by atoms with Crippen molar-refractivity contribution in [2.75, 3.05) is 29.9 Å². The number of fused-ring (bicyclic) bond motifs is 1. The number of hydrogen-bond donors (Lipinski definition) is 1. The fraction of sp³-hybridized carbons (Fsp3) is 0.556. The van der Waals surface area contributed by atoms with Gasteiger partial charge in [-0.25, -0.2) is 14.6 Å². The van der Waals surface area contributed by atoms with Gasteiger partial charge in [0.1, 0.15) is 18.0 Å². The highest BCUT2D eigenvalue weighted by atomic mass is 16.5. The van der Waals surface area contributed by atoms with Crippen LogP contribution < -0.4 is 15.8 Å². The van der Waals surface area contributed by atoms with Crippen molar-refractivity contribution >= 4 is 11.6 Å². The molecule has 4 heterocycles. The summed E-state index contributed by atoms with van der Waals surface area (Å²) in [4.78, 5) is 22.7. The standard InChI is InChI=1S/C18H24N6O2/c1-23-17(25)6-5-16(22-23)24-8-3-2-4-13(24)10-19-18-14-11-26-9-7-15(14)20-12-21-18/h5-6,12-13H,2-4,7-11H2,1H3,(H,19,20,21). The average molecular weight is 356 g/mol. The maximum absolute atomic E-state index is 11.6. The lowest BCUT2D eigenvalue weighted by Crippen LogP contribution is -2.45. The number of nitrogens with one attached hydrogen (secondary N) is 1. The zero-order valence-corrected chi connectivity index (χ0v) is 15.0. The number of ether oxygens (including phenoxy) is 1. The molecule has 1 fully saturated rings. The predicted molar refractivity (Wildman–Crippen MR) is 98.3 cm³/mol. The SMILES string of the molecule is Cn1nc(N2CCCCC2CNc2ncnc3c2COCC3)ccc1=O. The quantitative estimate of drug-likeness (QED) is 0.878. The van der Waals surface area contributed by atoms with Gasteiger partial charge in [0.25, 0.3) is 5.56 Å². The molecule has 0 radical (unpaired) electrons. The first-order chi connectivity index (χ1) is 12.7. The predicted octanol–water partition coefficient (Wildman–Crippen LogP) is 1.11. The highest BCUT2D eigenvalue weighted by Crippen LogP contribution is 2.24. The molecule has 8 nitrogen and oxygen atoms in total. The molecule has 4 rings (SSSR count). The van der Waals surface area contributed by atoms with E-state index >= 15 is 0 Å². The van der Waals surface area contributed by atoms with Crippen LogP contribution in [0.25, 0.3) is 0 Å². The fourth-order valence-corrected chi connectivity index (χ4v) is 3.68. The molecule has 138 valence electrons. The molecule has 2 aromatic heterocycles. The van der Waals surface area contributed by atoms with Crippen LogP contribution in [0.5, 0.6) is 0 Å². The Bertz CT molecular complexity index is 837. The van der Waals surface area contributed by atoms with Gasteiger partial charge in [-0.15, -0.1) is 0 Å². The maximum atomic E-state index is 11.6. The molecule has 0 saturated carbocycles. The Hall–Kier alpha value is -2.48. The summed E-state index contributed by atoms with van der Waals surface area (Å²) in [5.41, 5.74) is 2.06. The van der Waals surface area contributed by atoms with Crippen LogP contribution in [0.2, 0.25) is 0 Å². The first-order valence-electron chi connectivity index (χ1n) is 9.18. The van der Waals surface area contributed by atoms with Gasteiger partial charge in [0.15, 0.2) is 0 Å². The van der Waals surface area contributed by atoms with Crippen molar-refractivity contribution < 1.29 is 4.74 Å². The first-order valence-corrected chi connectivity index (χ1v) is 9.18. The lowest BCUT2D eigenvalue weighted by atomic mass is 10.0. The van der Waals surface area contributed by atoms with E-state index in [-0.39, 0.29) is 5.56 Å². The number of hydrogen-bond acceptors (Lipinski definition) is 7. The fourth-order valence-electron chi connectivity index (χ4n) is 3.68. The molecular weight excluding hydrogens is 332 g/mol. The smallest absolute Gasteiger partial charge is 0.266 e. The monoisotopic (exact) mass is 356 g/mol. The summed E-state index contributed by atoms with van der Waals surface area (Å²) in [6, 6.07) is 3.71. The minimum atomic E-state index is -0.0898. The zero-order chi connectivity index (χ0) is 17.9. The first kappa shape index (κ1) is 17.0. The topological polar surface area (TPSA) is 85.2 Å². The van der Waals surface area contributed by atoms with E-state index < -0.39 is 0 Å².